The molecule has 2 heteroatoms. The molecule has 1 atom stereocenters. The molecule has 2 aromatic carbocycles. The van der Waals surface area contributed by atoms with E-state index < -0.39 is 0 Å². The molecule has 0 saturated heterocycles. The van der Waals surface area contributed by atoms with Crippen molar-refractivity contribution in [2.45, 2.75) is 38.6 Å². The van der Waals surface area contributed by atoms with Crippen LogP contribution in [0.4, 0.5) is 0 Å². The van der Waals surface area contributed by atoms with E-state index in [9.17, 15) is 0 Å². The minimum atomic E-state index is 0.200. The predicted octanol–water partition coefficient (Wildman–Crippen LogP) is 4.71. The summed E-state index contributed by atoms with van der Waals surface area (Å²) in [5.41, 5.74) is 6.93. The van der Waals surface area contributed by atoms with Crippen LogP contribution in [0.3, 0.4) is 0 Å². The van der Waals surface area contributed by atoms with E-state index >= 15 is 0 Å². The first-order chi connectivity index (χ1) is 11.3. The predicted molar refractivity (Wildman–Crippen MR) is 93.7 cm³/mol. The fraction of sp³-hybridized carbons (Fsp3) is 0.286. The summed E-state index contributed by atoms with van der Waals surface area (Å²) in [4.78, 5) is 4.34. The summed E-state index contributed by atoms with van der Waals surface area (Å²) in [5, 5.41) is 0. The number of fused-ring (bicyclic) bond motifs is 1. The van der Waals surface area contributed by atoms with Crippen molar-refractivity contribution in [2.24, 2.45) is 0 Å². The SMILES string of the molecule is Cc1cncn1C(c1ccccc1)c1ccc2c(c1)CCCC2. The van der Waals surface area contributed by atoms with Gasteiger partial charge in [0.1, 0.15) is 0 Å². The van der Waals surface area contributed by atoms with E-state index in [1.807, 2.05) is 12.5 Å². The third-order valence-corrected chi connectivity index (χ3v) is 4.94. The van der Waals surface area contributed by atoms with E-state index in [0.29, 0.717) is 0 Å². The number of aryl methyl sites for hydroxylation is 3. The molecule has 116 valence electrons. The van der Waals surface area contributed by atoms with Crippen LogP contribution in [0, 0.1) is 6.92 Å². The first-order valence-electron chi connectivity index (χ1n) is 8.48. The number of hydrogen-bond acceptors (Lipinski definition) is 1. The van der Waals surface area contributed by atoms with Crippen LogP contribution in [0.15, 0.2) is 61.1 Å². The van der Waals surface area contributed by atoms with Gasteiger partial charge in [-0.2, -0.15) is 0 Å². The molecule has 23 heavy (non-hydrogen) atoms. The van der Waals surface area contributed by atoms with Crippen LogP contribution in [0.25, 0.3) is 0 Å². The first-order valence-corrected chi connectivity index (χ1v) is 8.48. The van der Waals surface area contributed by atoms with Gasteiger partial charge in [0.15, 0.2) is 0 Å². The van der Waals surface area contributed by atoms with Gasteiger partial charge in [-0.15, -0.1) is 0 Å². The van der Waals surface area contributed by atoms with Gasteiger partial charge in [-0.1, -0.05) is 48.5 Å². The molecule has 0 amide bonds. The number of hydrogen-bond donors (Lipinski definition) is 0. The lowest BCUT2D eigenvalue weighted by Gasteiger charge is -2.24. The molecule has 1 aliphatic carbocycles. The molecule has 0 N–H and O–H groups in total. The molecule has 0 bridgehead atoms. The summed E-state index contributed by atoms with van der Waals surface area (Å²) in [5.74, 6) is 0. The number of nitrogens with zero attached hydrogens (tertiary/aromatic N) is 2. The van der Waals surface area contributed by atoms with Gasteiger partial charge < -0.3 is 4.57 Å². The van der Waals surface area contributed by atoms with Crippen LogP contribution in [0.2, 0.25) is 0 Å². The molecule has 0 radical (unpaired) electrons. The highest BCUT2D eigenvalue weighted by Crippen LogP contribution is 2.31. The lowest BCUT2D eigenvalue weighted by atomic mass is 9.88. The van der Waals surface area contributed by atoms with Crippen LogP contribution in [-0.2, 0) is 12.8 Å². The van der Waals surface area contributed by atoms with Gasteiger partial charge in [0.05, 0.1) is 12.4 Å². The second-order valence-corrected chi connectivity index (χ2v) is 6.49. The maximum atomic E-state index is 4.34. The van der Waals surface area contributed by atoms with Crippen LogP contribution in [0.5, 0.6) is 0 Å². The summed E-state index contributed by atoms with van der Waals surface area (Å²) in [6.45, 7) is 2.13. The maximum absolute atomic E-state index is 4.34. The lowest BCUT2D eigenvalue weighted by molar-refractivity contribution is 0.648. The molecule has 0 aliphatic heterocycles. The summed E-state index contributed by atoms with van der Waals surface area (Å²) in [7, 11) is 0. The highest BCUT2D eigenvalue weighted by atomic mass is 15.1. The third kappa shape index (κ3) is 2.70. The third-order valence-electron chi connectivity index (χ3n) is 4.94. The Labute approximate surface area is 137 Å². The number of benzene rings is 2. The second kappa shape index (κ2) is 6.04. The summed E-state index contributed by atoms with van der Waals surface area (Å²) < 4.78 is 2.28. The van der Waals surface area contributed by atoms with Gasteiger partial charge in [0.25, 0.3) is 0 Å². The van der Waals surface area contributed by atoms with Crippen molar-refractivity contribution in [3.63, 3.8) is 0 Å². The smallest absolute Gasteiger partial charge is 0.0956 e. The van der Waals surface area contributed by atoms with Crippen molar-refractivity contribution >= 4 is 0 Å². The molecule has 0 spiro atoms. The second-order valence-electron chi connectivity index (χ2n) is 6.49. The van der Waals surface area contributed by atoms with Crippen LogP contribution < -0.4 is 0 Å². The maximum Gasteiger partial charge on any atom is 0.0956 e. The van der Waals surface area contributed by atoms with Gasteiger partial charge >= 0.3 is 0 Å². The largest absolute Gasteiger partial charge is 0.323 e. The Hall–Kier alpha value is -2.35. The van der Waals surface area contributed by atoms with Crippen LogP contribution in [-0.4, -0.2) is 9.55 Å². The fourth-order valence-corrected chi connectivity index (χ4v) is 3.71. The molecule has 2 nitrogen and oxygen atoms in total. The van der Waals surface area contributed by atoms with Gasteiger partial charge in [0, 0.05) is 11.9 Å². The van der Waals surface area contributed by atoms with Gasteiger partial charge in [-0.05, 0) is 54.9 Å². The average molecular weight is 302 g/mol. The normalized spacial score (nSPS) is 15.2. The van der Waals surface area contributed by atoms with Crippen molar-refractivity contribution in [1.82, 2.24) is 9.55 Å². The van der Waals surface area contributed by atoms with Gasteiger partial charge in [0.2, 0.25) is 0 Å². The lowest BCUT2D eigenvalue weighted by Crippen LogP contribution is -2.14. The van der Waals surface area contributed by atoms with E-state index in [4.69, 9.17) is 0 Å². The van der Waals surface area contributed by atoms with Crippen molar-refractivity contribution in [3.05, 3.63) is 89.0 Å². The minimum absolute atomic E-state index is 0.200. The summed E-state index contributed by atoms with van der Waals surface area (Å²) in [6, 6.07) is 18.0. The molecule has 0 fully saturated rings. The van der Waals surface area contributed by atoms with Crippen molar-refractivity contribution in [1.29, 1.82) is 0 Å². The first kappa shape index (κ1) is 14.3. The Morgan fingerprint density at radius 2 is 1.70 bits per heavy atom. The standard InChI is InChI=1S/C21H22N2/c1-16-14-22-15-23(16)21(18-8-3-2-4-9-18)20-12-11-17-7-5-6-10-19(17)13-20/h2-4,8-9,11-15,21H,5-7,10H2,1H3. The van der Waals surface area contributed by atoms with Gasteiger partial charge in [-0.3, -0.25) is 0 Å². The molecule has 3 aromatic rings. The van der Waals surface area contributed by atoms with Gasteiger partial charge in [-0.25, -0.2) is 4.98 Å². The Bertz CT molecular complexity index is 802. The van der Waals surface area contributed by atoms with Crippen LogP contribution in [0.1, 0.15) is 46.8 Å². The Morgan fingerprint density at radius 3 is 2.43 bits per heavy atom. The van der Waals surface area contributed by atoms with Crippen molar-refractivity contribution < 1.29 is 0 Å². The highest BCUT2D eigenvalue weighted by molar-refractivity contribution is 5.40. The Morgan fingerprint density at radius 1 is 0.913 bits per heavy atom. The molecule has 1 aromatic heterocycles. The highest BCUT2D eigenvalue weighted by Gasteiger charge is 2.19. The fourth-order valence-electron chi connectivity index (χ4n) is 3.71. The van der Waals surface area contributed by atoms with E-state index in [1.54, 1.807) is 0 Å². The zero-order valence-electron chi connectivity index (χ0n) is 13.6. The molecule has 1 aliphatic rings. The molecular weight excluding hydrogens is 280 g/mol. The molecule has 1 heterocycles. The Kier molecular flexibility index (Phi) is 3.74. The summed E-state index contributed by atoms with van der Waals surface area (Å²) >= 11 is 0. The number of aromatic nitrogens is 2. The summed E-state index contributed by atoms with van der Waals surface area (Å²) in [6.07, 6.45) is 8.98. The van der Waals surface area contributed by atoms with Crippen LogP contribution >= 0.6 is 0 Å². The van der Waals surface area contributed by atoms with E-state index in [0.717, 1.165) is 0 Å². The zero-order valence-corrected chi connectivity index (χ0v) is 13.6. The minimum Gasteiger partial charge on any atom is -0.323 e. The average Bonchev–Trinajstić information content (AvgIpc) is 3.02. The molecule has 1 unspecified atom stereocenters. The van der Waals surface area contributed by atoms with E-state index in [-0.39, 0.29) is 6.04 Å². The number of rotatable bonds is 3. The number of imidazole rings is 1. The van der Waals surface area contributed by atoms with Crippen molar-refractivity contribution in [2.75, 3.05) is 0 Å². The molecular formula is C21H22N2. The van der Waals surface area contributed by atoms with E-state index in [2.05, 4.69) is 65.0 Å². The topological polar surface area (TPSA) is 17.8 Å². The van der Waals surface area contributed by atoms with Crippen molar-refractivity contribution in [3.8, 4) is 0 Å². The molecule has 0 saturated carbocycles. The quantitative estimate of drug-likeness (QED) is 0.685. The monoisotopic (exact) mass is 302 g/mol. The Balaban J connectivity index is 1.84. The molecule has 4 rings (SSSR count). The van der Waals surface area contributed by atoms with E-state index in [1.165, 1.54) is 53.6 Å². The zero-order chi connectivity index (χ0) is 15.6.